The van der Waals surface area contributed by atoms with Gasteiger partial charge in [-0.15, -0.1) is 0 Å². The van der Waals surface area contributed by atoms with Crippen LogP contribution in [0.4, 0.5) is 0 Å². The Morgan fingerprint density at radius 1 is 1.00 bits per heavy atom. The van der Waals surface area contributed by atoms with Gasteiger partial charge in [-0.25, -0.2) is 0 Å². The number of rotatable bonds is 3. The third-order valence-electron chi connectivity index (χ3n) is 5.80. The molecule has 132 valence electrons. The Morgan fingerprint density at radius 3 is 2.58 bits per heavy atom. The fourth-order valence-corrected chi connectivity index (χ4v) is 3.84. The fourth-order valence-electron chi connectivity index (χ4n) is 3.84. The minimum atomic E-state index is 0.582. The number of hydrogen-bond acceptors (Lipinski definition) is 1. The largest absolute Gasteiger partial charge is 0.464 e. The first-order valence-corrected chi connectivity index (χ1v) is 9.41. The van der Waals surface area contributed by atoms with E-state index in [1.807, 2.05) is 6.07 Å². The zero-order chi connectivity index (χ0) is 18.4. The van der Waals surface area contributed by atoms with Gasteiger partial charge < -0.3 is 4.42 Å². The van der Waals surface area contributed by atoms with E-state index >= 15 is 0 Å². The first kappa shape index (κ1) is 16.8. The van der Waals surface area contributed by atoms with Crippen LogP contribution in [0.15, 0.2) is 53.1 Å². The normalized spacial score (nSPS) is 12.8. The molecule has 4 rings (SSSR count). The Morgan fingerprint density at radius 2 is 1.81 bits per heavy atom. The number of benzene rings is 2. The van der Waals surface area contributed by atoms with Crippen LogP contribution in [0.25, 0.3) is 33.0 Å². The Labute approximate surface area is 155 Å². The van der Waals surface area contributed by atoms with Crippen molar-refractivity contribution in [2.24, 2.45) is 7.05 Å². The molecule has 0 radical (unpaired) electrons. The molecule has 0 bridgehead atoms. The van der Waals surface area contributed by atoms with Crippen molar-refractivity contribution < 1.29 is 8.98 Å². The Kier molecular flexibility index (Phi) is 4.07. The van der Waals surface area contributed by atoms with Crippen molar-refractivity contribution >= 4 is 21.7 Å². The van der Waals surface area contributed by atoms with Crippen molar-refractivity contribution in [1.82, 2.24) is 0 Å². The monoisotopic (exact) mass is 344 g/mol. The second-order valence-electron chi connectivity index (χ2n) is 7.47. The zero-order valence-electron chi connectivity index (χ0n) is 16.3. The number of furan rings is 1. The SMILES string of the molecule is CCC(C)c1ccc2c(-c3cc4occc4cc3C)[n+](C)c(C)cc2c1. The second-order valence-corrected chi connectivity index (χ2v) is 7.47. The summed E-state index contributed by atoms with van der Waals surface area (Å²) in [4.78, 5) is 0. The summed E-state index contributed by atoms with van der Waals surface area (Å²) in [6.45, 7) is 8.91. The Bertz CT molecular complexity index is 1120. The van der Waals surface area contributed by atoms with Gasteiger partial charge in [-0.1, -0.05) is 26.0 Å². The summed E-state index contributed by atoms with van der Waals surface area (Å²) < 4.78 is 7.97. The molecule has 0 aliphatic carbocycles. The minimum Gasteiger partial charge on any atom is -0.464 e. The predicted molar refractivity (Wildman–Crippen MR) is 109 cm³/mol. The van der Waals surface area contributed by atoms with Crippen LogP contribution in [0.5, 0.6) is 0 Å². The van der Waals surface area contributed by atoms with Crippen LogP contribution in [-0.2, 0) is 7.05 Å². The van der Waals surface area contributed by atoms with Gasteiger partial charge in [0.1, 0.15) is 12.6 Å². The van der Waals surface area contributed by atoms with Crippen LogP contribution in [-0.4, -0.2) is 0 Å². The molecule has 0 amide bonds. The molecule has 2 heterocycles. The first-order valence-electron chi connectivity index (χ1n) is 9.41. The molecule has 2 aromatic carbocycles. The molecule has 26 heavy (non-hydrogen) atoms. The lowest BCUT2D eigenvalue weighted by molar-refractivity contribution is -0.665. The molecule has 1 atom stereocenters. The van der Waals surface area contributed by atoms with Gasteiger partial charge in [0.2, 0.25) is 5.69 Å². The van der Waals surface area contributed by atoms with E-state index in [1.165, 1.54) is 38.9 Å². The number of aryl methyl sites for hydroxylation is 2. The molecule has 0 N–H and O–H groups in total. The van der Waals surface area contributed by atoms with Gasteiger partial charge in [-0.05, 0) is 60.0 Å². The third kappa shape index (κ3) is 2.61. The lowest BCUT2D eigenvalue weighted by Crippen LogP contribution is -2.35. The maximum absolute atomic E-state index is 5.67. The lowest BCUT2D eigenvalue weighted by Gasteiger charge is -2.13. The highest BCUT2D eigenvalue weighted by Gasteiger charge is 2.21. The molecule has 0 saturated carbocycles. The van der Waals surface area contributed by atoms with Gasteiger partial charge in [0, 0.05) is 18.4 Å². The molecule has 0 saturated heterocycles. The maximum Gasteiger partial charge on any atom is 0.220 e. The van der Waals surface area contributed by atoms with Crippen LogP contribution in [0, 0.1) is 13.8 Å². The van der Waals surface area contributed by atoms with Gasteiger partial charge >= 0.3 is 0 Å². The average molecular weight is 344 g/mol. The predicted octanol–water partition coefficient (Wildman–Crippen LogP) is 6.21. The second kappa shape index (κ2) is 6.28. The molecule has 2 heteroatoms. The molecule has 0 spiro atoms. The highest BCUT2D eigenvalue weighted by atomic mass is 16.3. The Hall–Kier alpha value is -2.61. The molecular formula is C24H26NO+. The maximum atomic E-state index is 5.67. The molecule has 2 nitrogen and oxygen atoms in total. The molecule has 2 aromatic heterocycles. The van der Waals surface area contributed by atoms with Crippen LogP contribution in [0.2, 0.25) is 0 Å². The van der Waals surface area contributed by atoms with Gasteiger partial charge in [0.25, 0.3) is 0 Å². The van der Waals surface area contributed by atoms with Gasteiger partial charge in [-0.3, -0.25) is 0 Å². The smallest absolute Gasteiger partial charge is 0.220 e. The molecule has 0 aliphatic heterocycles. The van der Waals surface area contributed by atoms with Gasteiger partial charge in [-0.2, -0.15) is 4.57 Å². The van der Waals surface area contributed by atoms with E-state index in [1.54, 1.807) is 6.26 Å². The van der Waals surface area contributed by atoms with Crippen LogP contribution >= 0.6 is 0 Å². The van der Waals surface area contributed by atoms with Crippen molar-refractivity contribution in [1.29, 1.82) is 0 Å². The fraction of sp³-hybridized carbons (Fsp3) is 0.292. The van der Waals surface area contributed by atoms with E-state index in [2.05, 4.69) is 75.7 Å². The van der Waals surface area contributed by atoms with E-state index in [0.717, 1.165) is 17.4 Å². The summed E-state index contributed by atoms with van der Waals surface area (Å²) in [5.74, 6) is 0.582. The van der Waals surface area contributed by atoms with Crippen molar-refractivity contribution in [3.63, 3.8) is 0 Å². The standard InChI is InChI=1S/C24H26NO/c1-6-15(2)18-7-8-21-20(13-18)12-17(4)25(5)24(21)22-14-23-19(9-10-26-23)11-16(22)3/h7-15H,6H2,1-5H3/q+1. The summed E-state index contributed by atoms with van der Waals surface area (Å²) >= 11 is 0. The first-order chi connectivity index (χ1) is 12.5. The summed E-state index contributed by atoms with van der Waals surface area (Å²) in [7, 11) is 2.15. The molecular weight excluding hydrogens is 318 g/mol. The molecule has 0 fully saturated rings. The molecule has 4 aromatic rings. The lowest BCUT2D eigenvalue weighted by atomic mass is 9.93. The number of nitrogens with zero attached hydrogens (tertiary/aromatic N) is 1. The highest BCUT2D eigenvalue weighted by Crippen LogP contribution is 2.33. The summed E-state index contributed by atoms with van der Waals surface area (Å²) in [6.07, 6.45) is 2.92. The average Bonchev–Trinajstić information content (AvgIpc) is 3.08. The van der Waals surface area contributed by atoms with E-state index in [0.29, 0.717) is 5.92 Å². The molecule has 0 aliphatic rings. The van der Waals surface area contributed by atoms with Crippen LogP contribution < -0.4 is 4.57 Å². The van der Waals surface area contributed by atoms with Gasteiger partial charge in [0.05, 0.1) is 17.2 Å². The van der Waals surface area contributed by atoms with Crippen molar-refractivity contribution in [2.45, 2.75) is 40.0 Å². The number of fused-ring (bicyclic) bond motifs is 2. The van der Waals surface area contributed by atoms with Crippen molar-refractivity contribution in [3.8, 4) is 11.3 Å². The van der Waals surface area contributed by atoms with Crippen LogP contribution in [0.3, 0.4) is 0 Å². The number of hydrogen-bond donors (Lipinski definition) is 0. The quantitative estimate of drug-likeness (QED) is 0.404. The third-order valence-corrected chi connectivity index (χ3v) is 5.80. The topological polar surface area (TPSA) is 17.0 Å². The molecule has 1 unspecified atom stereocenters. The minimum absolute atomic E-state index is 0.582. The van der Waals surface area contributed by atoms with Crippen molar-refractivity contribution in [3.05, 3.63) is 65.5 Å². The van der Waals surface area contributed by atoms with E-state index in [9.17, 15) is 0 Å². The zero-order valence-corrected chi connectivity index (χ0v) is 16.3. The highest BCUT2D eigenvalue weighted by molar-refractivity contribution is 5.96. The number of pyridine rings is 1. The summed E-state index contributed by atoms with van der Waals surface area (Å²) in [5, 5.41) is 3.76. The summed E-state index contributed by atoms with van der Waals surface area (Å²) in [6, 6.07) is 15.7. The van der Waals surface area contributed by atoms with Crippen LogP contribution in [0.1, 0.15) is 43.0 Å². The van der Waals surface area contributed by atoms with Gasteiger partial charge in [0.15, 0.2) is 5.69 Å². The van der Waals surface area contributed by atoms with E-state index < -0.39 is 0 Å². The van der Waals surface area contributed by atoms with Crippen molar-refractivity contribution in [2.75, 3.05) is 0 Å². The van der Waals surface area contributed by atoms with E-state index in [-0.39, 0.29) is 0 Å². The van der Waals surface area contributed by atoms with E-state index in [4.69, 9.17) is 4.42 Å². The Balaban J connectivity index is 2.03. The number of aromatic nitrogens is 1. The summed E-state index contributed by atoms with van der Waals surface area (Å²) in [5.41, 5.74) is 7.38.